The van der Waals surface area contributed by atoms with E-state index in [4.69, 9.17) is 39.1 Å². The fourth-order valence-electron chi connectivity index (χ4n) is 1.97. The maximum absolute atomic E-state index is 11.3. The summed E-state index contributed by atoms with van der Waals surface area (Å²) in [5.41, 5.74) is 0. The van der Waals surface area contributed by atoms with Crippen molar-refractivity contribution < 1.29 is 67.6 Å². The van der Waals surface area contributed by atoms with Crippen molar-refractivity contribution >= 4 is 30.4 Å². The number of hydrogen-bond donors (Lipinski definition) is 10. The van der Waals surface area contributed by atoms with Crippen molar-refractivity contribution in [2.24, 2.45) is 0 Å². The fourth-order valence-corrected chi connectivity index (χ4v) is 6.15. The topological polar surface area (TPSA) is 277 Å². The van der Waals surface area contributed by atoms with Gasteiger partial charge in [0.15, 0.2) is 0 Å². The highest BCUT2D eigenvalue weighted by Gasteiger charge is 2.62. The van der Waals surface area contributed by atoms with Crippen molar-refractivity contribution in [3.8, 4) is 0 Å². The second-order valence-electron chi connectivity index (χ2n) is 5.66. The van der Waals surface area contributed by atoms with Crippen molar-refractivity contribution in [1.82, 2.24) is 9.80 Å². The average molecular weight is 493 g/mol. The lowest BCUT2D eigenvalue weighted by Gasteiger charge is -2.35. The van der Waals surface area contributed by atoms with Crippen molar-refractivity contribution in [2.45, 2.75) is 10.2 Å². The van der Waals surface area contributed by atoms with Crippen LogP contribution in [0.2, 0.25) is 0 Å². The summed E-state index contributed by atoms with van der Waals surface area (Å²) in [5.74, 6) is 0. The minimum atomic E-state index is -5.78. The smallest absolute Gasteiger partial charge is 0.366 e. The summed E-state index contributed by atoms with van der Waals surface area (Å²) >= 11 is 0. The van der Waals surface area contributed by atoms with E-state index in [0.717, 1.165) is 12.4 Å². The molecule has 0 aromatic heterocycles. The van der Waals surface area contributed by atoms with E-state index in [9.17, 15) is 28.5 Å². The molecule has 1 rings (SSSR count). The predicted molar refractivity (Wildman–Crippen MR) is 91.9 cm³/mol. The van der Waals surface area contributed by atoms with Crippen molar-refractivity contribution in [2.75, 3.05) is 19.8 Å². The lowest BCUT2D eigenvalue weighted by molar-refractivity contribution is 0.0770. The maximum atomic E-state index is 11.3. The van der Waals surface area contributed by atoms with Gasteiger partial charge in [-0.1, -0.05) is 0 Å². The van der Waals surface area contributed by atoms with Gasteiger partial charge in [0, 0.05) is 12.4 Å². The Labute approximate surface area is 158 Å². The lowest BCUT2D eigenvalue weighted by Crippen LogP contribution is -2.44. The van der Waals surface area contributed by atoms with Gasteiger partial charge in [-0.2, -0.15) is 0 Å². The normalized spacial score (nSPS) is 17.1. The second-order valence-corrected chi connectivity index (χ2v) is 13.7. The molecule has 1 aliphatic heterocycles. The highest BCUT2D eigenvalue weighted by molar-refractivity contribution is 7.72. The standard InChI is InChI=1S/C7H18N2O14P4.CH3/c10-6(24(12,13)14,25(15,16)17)3-8-1-2-9(5-8)4-7(11,26(18,19)20)27(21,22)23;/h1-2,10-11H,3-5H2,(H2,12,13,14)(H2,15,16,17)(H2,18,19,20)(H2,21,22,23);1H3/q;-1. The minimum absolute atomic E-state index is 0. The molecule has 0 spiro atoms. The molecule has 28 heavy (non-hydrogen) atoms. The molecule has 0 saturated carbocycles. The minimum Gasteiger partial charge on any atom is -0.366 e. The Kier molecular flexibility index (Phi) is 8.14. The Hall–Kier alpha value is -0.140. The zero-order valence-corrected chi connectivity index (χ0v) is 17.6. The third kappa shape index (κ3) is 5.31. The molecule has 0 radical (unpaired) electrons. The summed E-state index contributed by atoms with van der Waals surface area (Å²) in [6, 6.07) is 0. The third-order valence-electron chi connectivity index (χ3n) is 3.55. The molecule has 10 N–H and O–H groups in total. The molecule has 0 unspecified atom stereocenters. The van der Waals surface area contributed by atoms with Crippen molar-refractivity contribution in [3.63, 3.8) is 0 Å². The van der Waals surface area contributed by atoms with E-state index < -0.39 is 60.3 Å². The van der Waals surface area contributed by atoms with Gasteiger partial charge in [-0.25, -0.2) is 0 Å². The summed E-state index contributed by atoms with van der Waals surface area (Å²) in [6.45, 7) is -3.39. The fraction of sp³-hybridized carbons (Fsp3) is 0.625. The van der Waals surface area contributed by atoms with Gasteiger partial charge >= 0.3 is 30.4 Å². The van der Waals surface area contributed by atoms with Crippen LogP contribution in [0.4, 0.5) is 0 Å². The number of aliphatic hydroxyl groups is 2. The molecule has 1 aliphatic rings. The van der Waals surface area contributed by atoms with E-state index in [1.54, 1.807) is 0 Å². The quantitative estimate of drug-likeness (QED) is 0.123. The molecule has 0 aliphatic carbocycles. The molecule has 0 aromatic rings. The number of nitrogens with zero attached hydrogens (tertiary/aromatic N) is 2. The van der Waals surface area contributed by atoms with E-state index in [-0.39, 0.29) is 7.43 Å². The van der Waals surface area contributed by atoms with Gasteiger partial charge in [-0.3, -0.25) is 18.3 Å². The summed E-state index contributed by atoms with van der Waals surface area (Å²) in [6.07, 6.45) is 1.71. The van der Waals surface area contributed by atoms with E-state index >= 15 is 0 Å². The first-order valence-electron chi connectivity index (χ1n) is 6.49. The van der Waals surface area contributed by atoms with Crippen molar-refractivity contribution in [1.29, 1.82) is 0 Å². The third-order valence-corrected chi connectivity index (χ3v) is 11.0. The molecule has 1 heterocycles. The van der Waals surface area contributed by atoms with E-state index in [0.29, 0.717) is 9.80 Å². The van der Waals surface area contributed by atoms with Crippen LogP contribution < -0.4 is 0 Å². The monoisotopic (exact) mass is 493 g/mol. The molecule has 168 valence electrons. The van der Waals surface area contributed by atoms with Crippen LogP contribution in [0.3, 0.4) is 0 Å². The SMILES string of the molecule is O=P(O)(O)C(O)(CN1C=CN(CC(O)(P(=O)(O)O)P(=O)(O)O)C1)P(=O)(O)O.[CH3-]. The van der Waals surface area contributed by atoms with Crippen LogP contribution in [0.1, 0.15) is 0 Å². The number of hydrogen-bond acceptors (Lipinski definition) is 8. The second kappa shape index (κ2) is 8.18. The van der Waals surface area contributed by atoms with Gasteiger partial charge < -0.3 is 66.6 Å². The Morgan fingerprint density at radius 1 is 0.643 bits per heavy atom. The Morgan fingerprint density at radius 3 is 1.04 bits per heavy atom. The van der Waals surface area contributed by atoms with Crippen LogP contribution >= 0.6 is 30.4 Å². The molecule has 0 fully saturated rings. The average Bonchev–Trinajstić information content (AvgIpc) is 2.80. The first kappa shape index (κ1) is 27.9. The first-order chi connectivity index (χ1) is 11.7. The summed E-state index contributed by atoms with van der Waals surface area (Å²) < 4.78 is 45.2. The summed E-state index contributed by atoms with van der Waals surface area (Å²) in [7, 11) is -23.1. The van der Waals surface area contributed by atoms with Crippen LogP contribution in [-0.2, 0) is 18.3 Å². The molecule has 0 atom stereocenters. The van der Waals surface area contributed by atoms with Gasteiger partial charge in [0.2, 0.25) is 0 Å². The van der Waals surface area contributed by atoms with Crippen LogP contribution in [0, 0.1) is 7.43 Å². The Balaban J connectivity index is 0.00000729. The molecule has 0 aromatic carbocycles. The van der Waals surface area contributed by atoms with E-state index in [1.807, 2.05) is 0 Å². The summed E-state index contributed by atoms with van der Waals surface area (Å²) in [5, 5.41) is 12.0. The molecular weight excluding hydrogens is 472 g/mol. The van der Waals surface area contributed by atoms with Gasteiger partial charge in [0.25, 0.3) is 10.2 Å². The zero-order valence-electron chi connectivity index (χ0n) is 14.1. The zero-order chi connectivity index (χ0) is 21.7. The molecule has 0 saturated heterocycles. The van der Waals surface area contributed by atoms with Gasteiger partial charge in [0.05, 0.1) is 19.8 Å². The van der Waals surface area contributed by atoms with Gasteiger partial charge in [-0.15, -0.1) is 0 Å². The Morgan fingerprint density at radius 2 is 0.857 bits per heavy atom. The molecule has 20 heteroatoms. The van der Waals surface area contributed by atoms with E-state index in [1.165, 1.54) is 0 Å². The molecule has 16 nitrogen and oxygen atoms in total. The van der Waals surface area contributed by atoms with Crippen LogP contribution in [0.5, 0.6) is 0 Å². The number of β-amino-alcohol motifs (C(OH)–C–C–N with tert-alkyl or cyclic N) is 2. The predicted octanol–water partition coefficient (Wildman–Crippen LogP) is -2.51. The van der Waals surface area contributed by atoms with Crippen molar-refractivity contribution in [3.05, 3.63) is 19.8 Å². The van der Waals surface area contributed by atoms with Gasteiger partial charge in [0.1, 0.15) is 0 Å². The number of rotatable bonds is 8. The van der Waals surface area contributed by atoms with Crippen LogP contribution in [0.15, 0.2) is 12.4 Å². The lowest BCUT2D eigenvalue weighted by atomic mass is 10.5. The maximum Gasteiger partial charge on any atom is 0.371 e. The summed E-state index contributed by atoms with van der Waals surface area (Å²) in [4.78, 5) is 73.8. The van der Waals surface area contributed by atoms with E-state index in [2.05, 4.69) is 0 Å². The molecular formula is C8H21N2O14P4-. The van der Waals surface area contributed by atoms with Crippen LogP contribution in [0.25, 0.3) is 0 Å². The van der Waals surface area contributed by atoms with Gasteiger partial charge in [-0.05, 0) is 0 Å². The molecule has 0 amide bonds. The van der Waals surface area contributed by atoms with Crippen LogP contribution in [-0.4, -0.2) is 89.1 Å². The molecule has 0 bridgehead atoms. The largest absolute Gasteiger partial charge is 0.371 e. The first-order valence-corrected chi connectivity index (χ1v) is 12.9. The Bertz CT molecular complexity index is 681. The highest BCUT2D eigenvalue weighted by Crippen LogP contribution is 2.68. The highest BCUT2D eigenvalue weighted by atomic mass is 31.2.